The normalized spacial score (nSPS) is 8.07. The van der Waals surface area contributed by atoms with E-state index < -0.39 is 7.32 Å². The zero-order valence-electron chi connectivity index (χ0n) is 7.14. The Hall–Kier alpha value is -1.95. The third-order valence-electron chi connectivity index (χ3n) is 1.37. The minimum absolute atomic E-state index is 0.540. The Labute approximate surface area is 81.5 Å². The lowest BCUT2D eigenvalue weighted by Gasteiger charge is -1.91. The lowest BCUT2D eigenvalue weighted by molar-refractivity contribution is 0.271. The van der Waals surface area contributed by atoms with Crippen molar-refractivity contribution >= 4 is 7.32 Å². The highest BCUT2D eigenvalue weighted by Crippen LogP contribution is 2.01. The molecule has 0 spiro atoms. The molecule has 5 heteroatoms. The van der Waals surface area contributed by atoms with Gasteiger partial charge in [0.1, 0.15) is 0 Å². The number of rotatable bonds is 1. The summed E-state index contributed by atoms with van der Waals surface area (Å²) in [6.07, 6.45) is 2.11. The molecule has 0 radical (unpaired) electrons. The molecule has 0 amide bonds. The van der Waals surface area contributed by atoms with Crippen LogP contribution in [0.25, 0.3) is 0 Å². The van der Waals surface area contributed by atoms with Crippen molar-refractivity contribution in [3.8, 4) is 18.1 Å². The maximum Gasteiger partial charge on any atom is 0.716 e. The van der Waals surface area contributed by atoms with Crippen molar-refractivity contribution in [2.75, 3.05) is 0 Å². The second-order valence-electron chi connectivity index (χ2n) is 2.36. The van der Waals surface area contributed by atoms with Crippen LogP contribution in [0.4, 0.5) is 0 Å². The average molecular weight is 187 g/mol. The molecule has 0 fully saturated rings. The van der Waals surface area contributed by atoms with Gasteiger partial charge >= 0.3 is 7.32 Å². The Morgan fingerprint density at radius 3 is 2.21 bits per heavy atom. The third kappa shape index (κ3) is 3.20. The predicted octanol–water partition coefficient (Wildman–Crippen LogP) is -0.147. The van der Waals surface area contributed by atoms with Crippen LogP contribution in [-0.2, 0) is 4.65 Å². The molecule has 68 valence electrons. The molecule has 1 rings (SSSR count). The molecule has 0 saturated carbocycles. The van der Waals surface area contributed by atoms with E-state index in [0.29, 0.717) is 11.1 Å². The van der Waals surface area contributed by atoms with Crippen LogP contribution in [0, 0.1) is 23.4 Å². The maximum atomic E-state index is 8.50. The van der Waals surface area contributed by atoms with Crippen LogP contribution in [0.3, 0.4) is 0 Å². The van der Waals surface area contributed by atoms with Gasteiger partial charge in [0.25, 0.3) is 0 Å². The summed E-state index contributed by atoms with van der Waals surface area (Å²) in [7, 11) is -1.89. The molecule has 0 saturated heterocycles. The van der Waals surface area contributed by atoms with Gasteiger partial charge in [0, 0.05) is 5.56 Å². The van der Waals surface area contributed by atoms with E-state index in [0.717, 1.165) is 0 Å². The molecule has 1 aromatic carbocycles. The van der Waals surface area contributed by atoms with Gasteiger partial charge in [0.2, 0.25) is 0 Å². The van der Waals surface area contributed by atoms with E-state index in [-0.39, 0.29) is 0 Å². The fourth-order valence-electron chi connectivity index (χ4n) is 0.769. The molecule has 0 aliphatic rings. The van der Waals surface area contributed by atoms with Crippen LogP contribution in [0.2, 0.25) is 0 Å². The molecule has 14 heavy (non-hydrogen) atoms. The van der Waals surface area contributed by atoms with Crippen molar-refractivity contribution in [2.45, 2.75) is 0 Å². The Morgan fingerprint density at radius 1 is 1.14 bits per heavy atom. The topological polar surface area (TPSA) is 73.5 Å². The first-order valence-corrected chi connectivity index (χ1v) is 3.75. The number of hydrogen-bond donors (Lipinski definition) is 2. The summed E-state index contributed by atoms with van der Waals surface area (Å²) in [4.78, 5) is 0. The molecule has 0 heterocycles. The molecule has 0 atom stereocenters. The third-order valence-corrected chi connectivity index (χ3v) is 1.37. The Morgan fingerprint density at radius 2 is 1.71 bits per heavy atom. The summed E-state index contributed by atoms with van der Waals surface area (Å²) in [5.41, 5.74) is 1.17. The van der Waals surface area contributed by atoms with E-state index in [1.807, 2.05) is 6.07 Å². The standard InChI is InChI=1S/C9H6BNO3/c11-7-9-3-1-8(2-4-9)5-6-14-10(12)13/h1-4,12-13H. The van der Waals surface area contributed by atoms with Gasteiger partial charge in [0.05, 0.1) is 17.7 Å². The second kappa shape index (κ2) is 4.93. The zero-order chi connectivity index (χ0) is 10.4. The van der Waals surface area contributed by atoms with Gasteiger partial charge in [-0.15, -0.1) is 0 Å². The predicted molar refractivity (Wildman–Crippen MR) is 49.3 cm³/mol. The van der Waals surface area contributed by atoms with Crippen LogP contribution >= 0.6 is 0 Å². The van der Waals surface area contributed by atoms with E-state index in [2.05, 4.69) is 16.7 Å². The van der Waals surface area contributed by atoms with Crippen LogP contribution in [0.5, 0.6) is 0 Å². The molecule has 0 aliphatic carbocycles. The number of nitrogens with zero attached hydrogens (tertiary/aromatic N) is 1. The van der Waals surface area contributed by atoms with E-state index in [1.54, 1.807) is 24.3 Å². The van der Waals surface area contributed by atoms with Gasteiger partial charge in [-0.05, 0) is 30.2 Å². The van der Waals surface area contributed by atoms with Gasteiger partial charge in [-0.1, -0.05) is 0 Å². The molecule has 1 aromatic rings. The van der Waals surface area contributed by atoms with Crippen molar-refractivity contribution < 1.29 is 14.7 Å². The summed E-state index contributed by atoms with van der Waals surface area (Å²) in [6, 6.07) is 8.47. The van der Waals surface area contributed by atoms with Gasteiger partial charge < -0.3 is 14.7 Å². The molecule has 2 N–H and O–H groups in total. The highest BCUT2D eigenvalue weighted by molar-refractivity contribution is 6.33. The van der Waals surface area contributed by atoms with E-state index in [4.69, 9.17) is 15.3 Å². The quantitative estimate of drug-likeness (QED) is 0.473. The number of nitriles is 1. The van der Waals surface area contributed by atoms with Crippen LogP contribution in [-0.4, -0.2) is 17.4 Å². The fourth-order valence-corrected chi connectivity index (χ4v) is 0.769. The second-order valence-corrected chi connectivity index (χ2v) is 2.36. The lowest BCUT2D eigenvalue weighted by atomic mass is 10.1. The highest BCUT2D eigenvalue weighted by atomic mass is 16.6. The van der Waals surface area contributed by atoms with Gasteiger partial charge in [-0.3, -0.25) is 0 Å². The van der Waals surface area contributed by atoms with Crippen molar-refractivity contribution in [2.24, 2.45) is 0 Å². The van der Waals surface area contributed by atoms with Crippen LogP contribution < -0.4 is 0 Å². The van der Waals surface area contributed by atoms with E-state index >= 15 is 0 Å². The van der Waals surface area contributed by atoms with Gasteiger partial charge in [-0.2, -0.15) is 5.26 Å². The summed E-state index contributed by atoms with van der Waals surface area (Å²) in [5.74, 6) is 2.53. The summed E-state index contributed by atoms with van der Waals surface area (Å²) >= 11 is 0. The minimum atomic E-state index is -1.89. The number of benzene rings is 1. The largest absolute Gasteiger partial charge is 0.716 e. The molecule has 4 nitrogen and oxygen atoms in total. The molecule has 0 unspecified atom stereocenters. The summed E-state index contributed by atoms with van der Waals surface area (Å²) < 4.78 is 4.19. The Balaban J connectivity index is 2.68. The van der Waals surface area contributed by atoms with Gasteiger partial charge in [0.15, 0.2) is 0 Å². The van der Waals surface area contributed by atoms with Crippen LogP contribution in [0.15, 0.2) is 24.3 Å². The van der Waals surface area contributed by atoms with Crippen LogP contribution in [0.1, 0.15) is 11.1 Å². The van der Waals surface area contributed by atoms with Crippen molar-refractivity contribution in [3.05, 3.63) is 35.4 Å². The first-order chi connectivity index (χ1) is 6.72. The first kappa shape index (κ1) is 10.1. The minimum Gasteiger partial charge on any atom is -0.462 e. The smallest absolute Gasteiger partial charge is 0.462 e. The lowest BCUT2D eigenvalue weighted by Crippen LogP contribution is -2.12. The molecule has 0 aliphatic heterocycles. The SMILES string of the molecule is N#Cc1ccc(C#COB(O)O)cc1. The molecule has 0 bridgehead atoms. The van der Waals surface area contributed by atoms with Gasteiger partial charge in [-0.25, -0.2) is 0 Å². The Kier molecular flexibility index (Phi) is 3.57. The average Bonchev–Trinajstić information content (AvgIpc) is 2.18. The van der Waals surface area contributed by atoms with E-state index in [1.165, 1.54) is 0 Å². The van der Waals surface area contributed by atoms with Crippen molar-refractivity contribution in [1.29, 1.82) is 5.26 Å². The Bertz CT molecular complexity index is 397. The first-order valence-electron chi connectivity index (χ1n) is 3.75. The fraction of sp³-hybridized carbons (Fsp3) is 0. The monoisotopic (exact) mass is 187 g/mol. The van der Waals surface area contributed by atoms with Crippen molar-refractivity contribution in [3.63, 3.8) is 0 Å². The summed E-state index contributed by atoms with van der Waals surface area (Å²) in [6.45, 7) is 0. The molecular formula is C9H6BNO3. The zero-order valence-corrected chi connectivity index (χ0v) is 7.14. The van der Waals surface area contributed by atoms with E-state index in [9.17, 15) is 0 Å². The summed E-state index contributed by atoms with van der Waals surface area (Å²) in [5, 5.41) is 25.1. The molecule has 0 aromatic heterocycles. The van der Waals surface area contributed by atoms with Crippen molar-refractivity contribution in [1.82, 2.24) is 0 Å². The highest BCUT2D eigenvalue weighted by Gasteiger charge is 2.06. The molecular weight excluding hydrogens is 181 g/mol. The maximum absolute atomic E-state index is 8.50. The number of hydrogen-bond acceptors (Lipinski definition) is 4.